The predicted octanol–water partition coefficient (Wildman–Crippen LogP) is 0.352. The van der Waals surface area contributed by atoms with Gasteiger partial charge in [-0.2, -0.15) is 0 Å². The van der Waals surface area contributed by atoms with Gasteiger partial charge in [0.1, 0.15) is 0 Å². The Labute approximate surface area is 105 Å². The van der Waals surface area contributed by atoms with Crippen molar-refractivity contribution in [2.45, 2.75) is 44.9 Å². The molecule has 0 spiro atoms. The van der Waals surface area contributed by atoms with Crippen LogP contribution in [0.25, 0.3) is 0 Å². The molecule has 0 aromatic heterocycles. The molecule has 0 amide bonds. The van der Waals surface area contributed by atoms with Gasteiger partial charge in [-0.25, -0.2) is 16.8 Å². The Morgan fingerprint density at radius 3 is 1.59 bits per heavy atom. The molecule has 0 aromatic rings. The van der Waals surface area contributed by atoms with E-state index in [0.717, 1.165) is 0 Å². The highest BCUT2D eigenvalue weighted by Crippen LogP contribution is 2.16. The molecule has 0 aliphatic carbocycles. The predicted molar refractivity (Wildman–Crippen MR) is 70.5 cm³/mol. The summed E-state index contributed by atoms with van der Waals surface area (Å²) in [5, 5.41) is 0. The number of rotatable bonds is 5. The topological polar surface area (TPSA) is 94.3 Å². The first-order valence-corrected chi connectivity index (χ1v) is 8.85. The van der Waals surface area contributed by atoms with E-state index in [1.807, 2.05) is 0 Å². The van der Waals surface area contributed by atoms with Crippen LogP contribution in [0.2, 0.25) is 0 Å². The third-order valence-electron chi connectivity index (χ3n) is 2.19. The molecule has 0 heterocycles. The monoisotopic (exact) mass is 285 g/mol. The van der Waals surface area contributed by atoms with E-state index in [0.29, 0.717) is 0 Å². The molecule has 0 unspecified atom stereocenters. The minimum Gasteiger partial charge on any atom is -0.325 e. The van der Waals surface area contributed by atoms with Crippen LogP contribution in [0.15, 0.2) is 0 Å². The van der Waals surface area contributed by atoms with Crippen LogP contribution >= 0.6 is 0 Å². The quantitative estimate of drug-likeness (QED) is 0.786. The van der Waals surface area contributed by atoms with Gasteiger partial charge in [0.2, 0.25) is 0 Å². The number of nitrogens with two attached hydrogens (primary N) is 1. The van der Waals surface area contributed by atoms with Crippen molar-refractivity contribution >= 4 is 19.7 Å². The lowest BCUT2D eigenvalue weighted by atomic mass is 10.1. The molecule has 0 aromatic carbocycles. The Hall–Kier alpha value is -0.140. The number of hydrogen-bond donors (Lipinski definition) is 1. The summed E-state index contributed by atoms with van der Waals surface area (Å²) in [7, 11) is -6.84. The van der Waals surface area contributed by atoms with Crippen molar-refractivity contribution < 1.29 is 16.8 Å². The minimum atomic E-state index is -3.44. The van der Waals surface area contributed by atoms with Crippen molar-refractivity contribution in [3.63, 3.8) is 0 Å². The molecule has 7 heteroatoms. The lowest BCUT2D eigenvalue weighted by Gasteiger charge is -2.21. The van der Waals surface area contributed by atoms with Crippen LogP contribution in [0, 0.1) is 0 Å². The van der Waals surface area contributed by atoms with Gasteiger partial charge in [0.25, 0.3) is 0 Å². The summed E-state index contributed by atoms with van der Waals surface area (Å²) in [6.45, 7) is 7.87. The van der Waals surface area contributed by atoms with Crippen LogP contribution < -0.4 is 5.73 Å². The van der Waals surface area contributed by atoms with Gasteiger partial charge in [-0.1, -0.05) is 0 Å². The zero-order valence-electron chi connectivity index (χ0n) is 11.1. The highest BCUT2D eigenvalue weighted by atomic mass is 32.2. The van der Waals surface area contributed by atoms with Crippen LogP contribution in [0.3, 0.4) is 0 Å². The number of sulfone groups is 2. The summed E-state index contributed by atoms with van der Waals surface area (Å²) in [5.74, 6) is -0.929. The second kappa shape index (κ2) is 4.85. The fraction of sp³-hybridized carbons (Fsp3) is 1.00. The first-order chi connectivity index (χ1) is 7.16. The number of hydrogen-bond acceptors (Lipinski definition) is 5. The summed E-state index contributed by atoms with van der Waals surface area (Å²) in [4.78, 5) is 0. The SMILES string of the molecule is CC(C)(N)CS(=O)(=O)CCS(=O)(=O)C(C)(C)C. The van der Waals surface area contributed by atoms with Crippen molar-refractivity contribution in [2.24, 2.45) is 5.73 Å². The van der Waals surface area contributed by atoms with Gasteiger partial charge in [0.15, 0.2) is 19.7 Å². The Morgan fingerprint density at radius 2 is 1.29 bits per heavy atom. The summed E-state index contributed by atoms with van der Waals surface area (Å²) >= 11 is 0. The lowest BCUT2D eigenvalue weighted by Crippen LogP contribution is -2.42. The van der Waals surface area contributed by atoms with Crippen LogP contribution in [-0.2, 0) is 19.7 Å². The summed E-state index contributed by atoms with van der Waals surface area (Å²) in [6, 6.07) is 0. The molecule has 0 aliphatic heterocycles. The van der Waals surface area contributed by atoms with Gasteiger partial charge < -0.3 is 5.73 Å². The minimum absolute atomic E-state index is 0.209. The van der Waals surface area contributed by atoms with Crippen molar-refractivity contribution in [1.82, 2.24) is 0 Å². The molecule has 0 saturated heterocycles. The van der Waals surface area contributed by atoms with Gasteiger partial charge in [-0.15, -0.1) is 0 Å². The molecule has 0 saturated carbocycles. The molecular formula is C10H23NO4S2. The van der Waals surface area contributed by atoms with Gasteiger partial charge in [0.05, 0.1) is 22.0 Å². The Balaban J connectivity index is 4.72. The molecule has 17 heavy (non-hydrogen) atoms. The standard InChI is InChI=1S/C10H23NO4S2/c1-9(2,3)17(14,15)7-6-16(12,13)8-10(4,5)11/h6-8,11H2,1-5H3. The first kappa shape index (κ1) is 16.9. The zero-order valence-corrected chi connectivity index (χ0v) is 12.8. The summed E-state index contributed by atoms with van der Waals surface area (Å²) in [5.41, 5.74) is 4.78. The van der Waals surface area contributed by atoms with Gasteiger partial charge in [-0.3, -0.25) is 0 Å². The van der Waals surface area contributed by atoms with Crippen molar-refractivity contribution in [3.05, 3.63) is 0 Å². The van der Waals surface area contributed by atoms with Gasteiger partial charge in [0, 0.05) is 5.54 Å². The van der Waals surface area contributed by atoms with Gasteiger partial charge in [-0.05, 0) is 34.6 Å². The normalized spacial score (nSPS) is 14.9. The molecule has 5 nitrogen and oxygen atoms in total. The van der Waals surface area contributed by atoms with E-state index in [-0.39, 0.29) is 17.3 Å². The smallest absolute Gasteiger partial charge is 0.156 e. The van der Waals surface area contributed by atoms with E-state index in [4.69, 9.17) is 5.73 Å². The third kappa shape index (κ3) is 6.38. The Bertz CT molecular complexity index is 450. The molecule has 2 N–H and O–H groups in total. The first-order valence-electron chi connectivity index (χ1n) is 5.38. The molecule has 104 valence electrons. The molecule has 0 aliphatic rings. The van der Waals surface area contributed by atoms with E-state index in [2.05, 4.69) is 0 Å². The van der Waals surface area contributed by atoms with Crippen molar-refractivity contribution in [1.29, 1.82) is 0 Å². The Morgan fingerprint density at radius 1 is 0.882 bits per heavy atom. The van der Waals surface area contributed by atoms with Crippen LogP contribution in [0.5, 0.6) is 0 Å². The lowest BCUT2D eigenvalue weighted by molar-refractivity contribution is 0.541. The average Bonchev–Trinajstić information content (AvgIpc) is 1.94. The fourth-order valence-electron chi connectivity index (χ4n) is 1.18. The molecule has 0 rings (SSSR count). The molecule has 0 bridgehead atoms. The maximum absolute atomic E-state index is 11.8. The molecular weight excluding hydrogens is 262 g/mol. The molecule has 0 atom stereocenters. The van der Waals surface area contributed by atoms with E-state index in [1.54, 1.807) is 34.6 Å². The highest BCUT2D eigenvalue weighted by molar-refractivity contribution is 7.95. The maximum Gasteiger partial charge on any atom is 0.156 e. The van der Waals surface area contributed by atoms with Crippen LogP contribution in [-0.4, -0.2) is 44.4 Å². The summed E-state index contributed by atoms with van der Waals surface area (Å²) in [6.07, 6.45) is 0. The van der Waals surface area contributed by atoms with Crippen molar-refractivity contribution in [3.8, 4) is 0 Å². The van der Waals surface area contributed by atoms with Crippen LogP contribution in [0.1, 0.15) is 34.6 Å². The Kier molecular flexibility index (Phi) is 4.81. The van der Waals surface area contributed by atoms with E-state index < -0.39 is 30.0 Å². The zero-order chi connectivity index (χ0) is 14.1. The molecule has 0 fully saturated rings. The fourth-order valence-corrected chi connectivity index (χ4v) is 4.97. The second-order valence-corrected chi connectivity index (χ2v) is 11.1. The van der Waals surface area contributed by atoms with Gasteiger partial charge >= 0.3 is 0 Å². The van der Waals surface area contributed by atoms with E-state index >= 15 is 0 Å². The molecule has 0 radical (unpaired) electrons. The highest BCUT2D eigenvalue weighted by Gasteiger charge is 2.31. The van der Waals surface area contributed by atoms with Crippen molar-refractivity contribution in [2.75, 3.05) is 17.3 Å². The maximum atomic E-state index is 11.8. The third-order valence-corrected chi connectivity index (χ3v) is 7.06. The second-order valence-electron chi connectivity index (χ2n) is 6.01. The van der Waals surface area contributed by atoms with E-state index in [9.17, 15) is 16.8 Å². The van der Waals surface area contributed by atoms with Crippen LogP contribution in [0.4, 0.5) is 0 Å². The largest absolute Gasteiger partial charge is 0.325 e. The summed E-state index contributed by atoms with van der Waals surface area (Å²) < 4.78 is 46.0. The average molecular weight is 285 g/mol. The van der Waals surface area contributed by atoms with E-state index in [1.165, 1.54) is 0 Å².